The van der Waals surface area contributed by atoms with Crippen LogP contribution >= 0.6 is 0 Å². The van der Waals surface area contributed by atoms with E-state index in [-0.39, 0.29) is 37.3 Å². The van der Waals surface area contributed by atoms with E-state index in [1.807, 2.05) is 13.8 Å². The molecule has 0 radical (unpaired) electrons. The number of aliphatic hydroxyl groups excluding tert-OH is 1. The van der Waals surface area contributed by atoms with Crippen LogP contribution in [0.4, 0.5) is 0 Å². The summed E-state index contributed by atoms with van der Waals surface area (Å²) in [4.78, 5) is 52.1. The molecule has 59 heavy (non-hydrogen) atoms. The van der Waals surface area contributed by atoms with Gasteiger partial charge in [-0.15, -0.1) is 0 Å². The van der Waals surface area contributed by atoms with Crippen LogP contribution < -0.4 is 0 Å². The van der Waals surface area contributed by atoms with Crippen molar-refractivity contribution in [2.24, 2.45) is 0 Å². The minimum absolute atomic E-state index is 0.0578. The van der Waals surface area contributed by atoms with E-state index in [0.29, 0.717) is 12.8 Å². The molecule has 0 amide bonds. The lowest BCUT2D eigenvalue weighted by atomic mass is 9.97. The van der Waals surface area contributed by atoms with E-state index in [1.165, 1.54) is 0 Å². The molecule has 1 N–H and O–H groups in total. The van der Waals surface area contributed by atoms with Crippen molar-refractivity contribution >= 4 is 32.2 Å². The monoisotopic (exact) mass is 862 g/mol. The smallest absolute Gasteiger partial charge is 0.306 e. The number of hydrogen-bond donors (Lipinski definition) is 1. The molecular weight excluding hydrogens is 789 g/mol. The Morgan fingerprint density at radius 3 is 1.75 bits per heavy atom. The molecule has 17 heteroatoms. The summed E-state index contributed by atoms with van der Waals surface area (Å²) in [5, 5.41) is 11.9. The lowest BCUT2D eigenvalue weighted by Gasteiger charge is -2.45. The molecule has 0 aromatic rings. The Hall–Kier alpha value is -2.22. The highest BCUT2D eigenvalue weighted by molar-refractivity contribution is 6.74. The first-order chi connectivity index (χ1) is 27.5. The standard InChI is InChI=1S/C42H74O16Si/c1-14-18-20-22-30(45)48-24-26-32(53-31(46)23-21-19-15-2)34(51-28(43)16-3)37(52-29(44)17-4)39(50-26)54-38(47)36-35(57-42(10,11)58-36)33-27(55-41(8,9)56-33)25-49-59(12,13)40(5,6)7/h26-27,32-39,47H,14-25H2,1-13H3/t26-,27-,32-,33-,34+,35+,36+,37+,38?,39+/m1/s1. The van der Waals surface area contributed by atoms with E-state index in [1.54, 1.807) is 41.5 Å². The normalized spacial score (nSPS) is 29.8. The fourth-order valence-corrected chi connectivity index (χ4v) is 7.79. The van der Waals surface area contributed by atoms with Crippen molar-refractivity contribution in [1.82, 2.24) is 0 Å². The third-order valence-electron chi connectivity index (χ3n) is 11.0. The molecule has 3 heterocycles. The number of esters is 4. The molecule has 0 bridgehead atoms. The zero-order valence-corrected chi connectivity index (χ0v) is 38.8. The van der Waals surface area contributed by atoms with Gasteiger partial charge in [-0.1, -0.05) is 74.1 Å². The van der Waals surface area contributed by atoms with E-state index < -0.39 is 112 Å². The van der Waals surface area contributed by atoms with Gasteiger partial charge in [0.25, 0.3) is 0 Å². The molecular formula is C42H74O16Si. The van der Waals surface area contributed by atoms with Crippen molar-refractivity contribution in [3.8, 4) is 0 Å². The largest absolute Gasteiger partial charge is 0.463 e. The average molecular weight is 863 g/mol. The van der Waals surface area contributed by atoms with Gasteiger partial charge in [0, 0.05) is 25.7 Å². The molecule has 10 atom stereocenters. The number of hydrogen-bond acceptors (Lipinski definition) is 16. The Labute approximate surface area is 352 Å². The van der Waals surface area contributed by atoms with Crippen LogP contribution in [-0.4, -0.2) is 124 Å². The second-order valence-electron chi connectivity index (χ2n) is 18.0. The molecule has 342 valence electrons. The summed E-state index contributed by atoms with van der Waals surface area (Å²) in [6.07, 6.45) is -8.25. The average Bonchev–Trinajstić information content (AvgIpc) is 3.65. The lowest BCUT2D eigenvalue weighted by molar-refractivity contribution is -0.347. The van der Waals surface area contributed by atoms with Gasteiger partial charge in [-0.25, -0.2) is 0 Å². The maximum Gasteiger partial charge on any atom is 0.306 e. The number of carbonyl (C=O) groups excluding carboxylic acids is 4. The molecule has 3 rings (SSSR count). The highest BCUT2D eigenvalue weighted by Crippen LogP contribution is 2.42. The Morgan fingerprint density at radius 2 is 1.19 bits per heavy atom. The van der Waals surface area contributed by atoms with Crippen LogP contribution in [0.5, 0.6) is 0 Å². The van der Waals surface area contributed by atoms with Crippen LogP contribution in [0.2, 0.25) is 18.1 Å². The molecule has 1 unspecified atom stereocenters. The van der Waals surface area contributed by atoms with Crippen molar-refractivity contribution in [2.45, 2.75) is 231 Å². The zero-order chi connectivity index (χ0) is 44.3. The second-order valence-corrected chi connectivity index (χ2v) is 22.8. The van der Waals surface area contributed by atoms with Crippen LogP contribution in [0, 0.1) is 0 Å². The number of aliphatic hydroxyl groups is 1. The van der Waals surface area contributed by atoms with Crippen LogP contribution in [0.1, 0.15) is 140 Å². The summed E-state index contributed by atoms with van der Waals surface area (Å²) in [5.74, 6) is -4.80. The molecule has 3 aliphatic heterocycles. The summed E-state index contributed by atoms with van der Waals surface area (Å²) in [7, 11) is -2.22. The van der Waals surface area contributed by atoms with Gasteiger partial charge in [-0.2, -0.15) is 0 Å². The molecule has 0 saturated carbocycles. The first kappa shape index (κ1) is 51.1. The second kappa shape index (κ2) is 22.2. The molecule has 3 saturated heterocycles. The van der Waals surface area contributed by atoms with Gasteiger partial charge < -0.3 is 56.9 Å². The van der Waals surface area contributed by atoms with Crippen molar-refractivity contribution in [2.75, 3.05) is 13.2 Å². The summed E-state index contributed by atoms with van der Waals surface area (Å²) < 4.78 is 67.7. The molecule has 0 spiro atoms. The van der Waals surface area contributed by atoms with E-state index in [4.69, 9.17) is 51.8 Å². The Bertz CT molecular complexity index is 1360. The summed E-state index contributed by atoms with van der Waals surface area (Å²) in [6.45, 7) is 24.5. The van der Waals surface area contributed by atoms with E-state index in [9.17, 15) is 24.3 Å². The molecule has 3 fully saturated rings. The fraction of sp³-hybridized carbons (Fsp3) is 0.905. The summed E-state index contributed by atoms with van der Waals surface area (Å²) in [6, 6.07) is 0. The zero-order valence-electron chi connectivity index (χ0n) is 37.8. The Morgan fingerprint density at radius 1 is 0.661 bits per heavy atom. The predicted octanol–water partition coefficient (Wildman–Crippen LogP) is 6.37. The molecule has 16 nitrogen and oxygen atoms in total. The van der Waals surface area contributed by atoms with Crippen LogP contribution in [0.25, 0.3) is 0 Å². The van der Waals surface area contributed by atoms with E-state index >= 15 is 0 Å². The first-order valence-corrected chi connectivity index (χ1v) is 24.5. The van der Waals surface area contributed by atoms with Gasteiger partial charge in [0.15, 0.2) is 44.5 Å². The summed E-state index contributed by atoms with van der Waals surface area (Å²) >= 11 is 0. The van der Waals surface area contributed by atoms with Crippen molar-refractivity contribution < 1.29 is 76.1 Å². The molecule has 0 aromatic heterocycles. The van der Waals surface area contributed by atoms with Gasteiger partial charge in [0.1, 0.15) is 37.1 Å². The third kappa shape index (κ3) is 15.0. The maximum atomic E-state index is 13.2. The van der Waals surface area contributed by atoms with Crippen LogP contribution in [0.3, 0.4) is 0 Å². The van der Waals surface area contributed by atoms with Gasteiger partial charge in [-0.3, -0.25) is 19.2 Å². The quantitative estimate of drug-likeness (QED) is 0.0415. The van der Waals surface area contributed by atoms with E-state index in [2.05, 4.69) is 33.9 Å². The minimum Gasteiger partial charge on any atom is -0.463 e. The molecule has 0 aliphatic carbocycles. The van der Waals surface area contributed by atoms with Crippen molar-refractivity contribution in [1.29, 1.82) is 0 Å². The Kier molecular flexibility index (Phi) is 19.3. The van der Waals surface area contributed by atoms with Crippen LogP contribution in [-0.2, 0) is 71.0 Å². The number of rotatable bonds is 22. The first-order valence-electron chi connectivity index (χ1n) is 21.6. The maximum absolute atomic E-state index is 13.2. The van der Waals surface area contributed by atoms with Crippen molar-refractivity contribution in [3.05, 3.63) is 0 Å². The van der Waals surface area contributed by atoms with Gasteiger partial charge >= 0.3 is 23.9 Å². The predicted molar refractivity (Wildman–Crippen MR) is 216 cm³/mol. The lowest BCUT2D eigenvalue weighted by Crippen LogP contribution is -2.64. The van der Waals surface area contributed by atoms with Crippen LogP contribution in [0.15, 0.2) is 0 Å². The van der Waals surface area contributed by atoms with Gasteiger partial charge in [0.05, 0.1) is 6.61 Å². The number of unbranched alkanes of at least 4 members (excludes halogenated alkanes) is 4. The Balaban J connectivity index is 2.02. The number of carbonyl (C=O) groups is 4. The summed E-state index contributed by atoms with van der Waals surface area (Å²) in [5.41, 5.74) is 0. The highest BCUT2D eigenvalue weighted by Gasteiger charge is 2.59. The van der Waals surface area contributed by atoms with Crippen molar-refractivity contribution in [3.63, 3.8) is 0 Å². The van der Waals surface area contributed by atoms with Gasteiger partial charge in [-0.05, 0) is 58.7 Å². The van der Waals surface area contributed by atoms with E-state index in [0.717, 1.165) is 25.7 Å². The van der Waals surface area contributed by atoms with Gasteiger partial charge in [0.2, 0.25) is 6.29 Å². The molecule has 3 aliphatic rings. The fourth-order valence-electron chi connectivity index (χ4n) is 6.77. The topological polar surface area (TPSA) is 190 Å². The SMILES string of the molecule is CCCCCC(=O)OC[C@H]1O[C@@H](OC(O)[C@H]2OC(C)(C)O[C@H]2[C@@H]2OC(C)(C)O[C@@H]2CO[Si](C)(C)C(C)(C)C)[C@@H](OC(=O)CC)[C@@H](OC(=O)CC)[C@@H]1OC(=O)CCCCC. The molecule has 0 aromatic carbocycles. The highest BCUT2D eigenvalue weighted by atomic mass is 28.4. The minimum atomic E-state index is -2.22. The third-order valence-corrected chi connectivity index (χ3v) is 15.5. The number of ether oxygens (including phenoxy) is 10.